The lowest BCUT2D eigenvalue weighted by Gasteiger charge is -2.33. The van der Waals surface area contributed by atoms with Gasteiger partial charge in [-0.25, -0.2) is 0 Å². The predicted octanol–water partition coefficient (Wildman–Crippen LogP) is 4.16. The third-order valence-corrected chi connectivity index (χ3v) is 7.23. The fraction of sp³-hybridized carbons (Fsp3) is 0.240. The molecule has 1 unspecified atom stereocenters. The molecule has 0 radical (unpaired) electrons. The van der Waals surface area contributed by atoms with Crippen molar-refractivity contribution in [1.29, 1.82) is 0 Å². The second-order valence-corrected chi connectivity index (χ2v) is 9.52. The van der Waals surface area contributed by atoms with Gasteiger partial charge in [-0.2, -0.15) is 0 Å². The van der Waals surface area contributed by atoms with E-state index in [4.69, 9.17) is 4.74 Å². The van der Waals surface area contributed by atoms with Crippen molar-refractivity contribution >= 4 is 16.3 Å². The third-order valence-electron chi connectivity index (χ3n) is 5.69. The molecule has 1 fully saturated rings. The van der Waals surface area contributed by atoms with Crippen molar-refractivity contribution in [2.24, 2.45) is 0 Å². The molecule has 0 aliphatic carbocycles. The summed E-state index contributed by atoms with van der Waals surface area (Å²) in [6.45, 7) is 1.02. The fourth-order valence-corrected chi connectivity index (χ4v) is 5.20. The Morgan fingerprint density at radius 2 is 1.66 bits per heavy atom. The Balaban J connectivity index is 1.35. The molecule has 1 N–H and O–H groups in total. The number of benzene rings is 3. The highest BCUT2D eigenvalue weighted by Crippen LogP contribution is 2.25. The zero-order valence-electron chi connectivity index (χ0n) is 17.9. The third kappa shape index (κ3) is 5.07. The predicted molar refractivity (Wildman–Crippen MR) is 124 cm³/mol. The molecule has 166 valence electrons. The second kappa shape index (κ2) is 9.65. The van der Waals surface area contributed by atoms with E-state index in [9.17, 15) is 13.6 Å². The van der Waals surface area contributed by atoms with E-state index in [2.05, 4.69) is 4.72 Å². The maximum atomic E-state index is 12.9. The SMILES string of the molecule is COc1cccc(-c2ccc(C(=O)N3CCC(N[S+](=O)([O-])c4ccccc4)CC3)cc2)c1. The summed E-state index contributed by atoms with van der Waals surface area (Å²) in [6.07, 6.45) is 1.17. The van der Waals surface area contributed by atoms with Crippen LogP contribution in [0.25, 0.3) is 11.1 Å². The second-order valence-electron chi connectivity index (χ2n) is 7.81. The van der Waals surface area contributed by atoms with Crippen molar-refractivity contribution in [2.45, 2.75) is 23.8 Å². The van der Waals surface area contributed by atoms with Crippen molar-refractivity contribution in [3.63, 3.8) is 0 Å². The Kier molecular flexibility index (Phi) is 6.69. The lowest BCUT2D eigenvalue weighted by Crippen LogP contribution is -2.48. The van der Waals surface area contributed by atoms with Crippen LogP contribution in [0.15, 0.2) is 83.8 Å². The van der Waals surface area contributed by atoms with Gasteiger partial charge in [-0.1, -0.05) is 46.7 Å². The minimum absolute atomic E-state index is 0.0356. The van der Waals surface area contributed by atoms with Crippen molar-refractivity contribution < 1.29 is 18.3 Å². The van der Waals surface area contributed by atoms with E-state index < -0.39 is 10.4 Å². The average Bonchev–Trinajstić information content (AvgIpc) is 2.84. The highest BCUT2D eigenvalue weighted by molar-refractivity contribution is 7.95. The lowest BCUT2D eigenvalue weighted by molar-refractivity contribution is 0.0711. The van der Waals surface area contributed by atoms with Crippen molar-refractivity contribution in [3.05, 3.63) is 84.4 Å². The Bertz CT molecular complexity index is 1110. The van der Waals surface area contributed by atoms with Crippen LogP contribution >= 0.6 is 0 Å². The van der Waals surface area contributed by atoms with Gasteiger partial charge >= 0.3 is 0 Å². The maximum Gasteiger partial charge on any atom is 0.253 e. The molecule has 1 aliphatic heterocycles. The summed E-state index contributed by atoms with van der Waals surface area (Å²) < 4.78 is 33.1. The van der Waals surface area contributed by atoms with Gasteiger partial charge in [0.1, 0.15) is 5.75 Å². The molecule has 4 rings (SSSR count). The number of rotatable bonds is 6. The number of hydrogen-bond donors (Lipinski definition) is 1. The molecule has 1 amide bonds. The van der Waals surface area contributed by atoms with Gasteiger partial charge in [-0.05, 0) is 60.4 Å². The van der Waals surface area contributed by atoms with Crippen molar-refractivity contribution in [3.8, 4) is 16.9 Å². The number of nitrogens with zero attached hydrogens (tertiary/aromatic N) is 1. The van der Waals surface area contributed by atoms with E-state index in [-0.39, 0.29) is 16.8 Å². The monoisotopic (exact) mass is 450 g/mol. The summed E-state index contributed by atoms with van der Waals surface area (Å²) in [6, 6.07) is 23.5. The van der Waals surface area contributed by atoms with Gasteiger partial charge in [0, 0.05) is 18.7 Å². The van der Waals surface area contributed by atoms with E-state index in [0.29, 0.717) is 31.5 Å². The fourth-order valence-electron chi connectivity index (χ4n) is 3.88. The first-order valence-corrected chi connectivity index (χ1v) is 12.1. The molecule has 1 saturated heterocycles. The summed E-state index contributed by atoms with van der Waals surface area (Å²) in [5.74, 6) is 0.750. The molecule has 7 heteroatoms. The Hall–Kier alpha value is -3.00. The molecular weight excluding hydrogens is 424 g/mol. The first-order chi connectivity index (χ1) is 15.5. The molecule has 0 saturated carbocycles. The Morgan fingerprint density at radius 1 is 0.969 bits per heavy atom. The average molecular weight is 451 g/mol. The van der Waals surface area contributed by atoms with Crippen molar-refractivity contribution in [2.75, 3.05) is 20.2 Å². The van der Waals surface area contributed by atoms with Crippen LogP contribution in [0.4, 0.5) is 0 Å². The number of carbonyl (C=O) groups is 1. The minimum atomic E-state index is -3.55. The molecule has 32 heavy (non-hydrogen) atoms. The van der Waals surface area contributed by atoms with Gasteiger partial charge in [0.2, 0.25) is 0 Å². The van der Waals surface area contributed by atoms with Crippen LogP contribution in [0.5, 0.6) is 5.75 Å². The van der Waals surface area contributed by atoms with Gasteiger partial charge < -0.3 is 14.2 Å². The molecule has 3 aromatic carbocycles. The largest absolute Gasteiger partial charge is 0.593 e. The summed E-state index contributed by atoms with van der Waals surface area (Å²) >= 11 is 0. The first kappa shape index (κ1) is 22.2. The van der Waals surface area contributed by atoms with Crippen LogP contribution in [0.2, 0.25) is 0 Å². The number of nitrogens with one attached hydrogen (secondary N) is 1. The van der Waals surface area contributed by atoms with Crippen LogP contribution in [-0.4, -0.2) is 41.6 Å². The Labute approximate surface area is 189 Å². The van der Waals surface area contributed by atoms with Crippen LogP contribution in [0.3, 0.4) is 0 Å². The number of piperidine rings is 1. The van der Waals surface area contributed by atoms with Crippen LogP contribution in [-0.2, 0) is 14.6 Å². The maximum absolute atomic E-state index is 12.9. The van der Waals surface area contributed by atoms with Gasteiger partial charge in [0.25, 0.3) is 5.91 Å². The summed E-state index contributed by atoms with van der Waals surface area (Å²) in [5.41, 5.74) is 2.66. The smallest absolute Gasteiger partial charge is 0.253 e. The highest BCUT2D eigenvalue weighted by atomic mass is 32.3. The highest BCUT2D eigenvalue weighted by Gasteiger charge is 2.29. The number of methoxy groups -OCH3 is 1. The van der Waals surface area contributed by atoms with Gasteiger partial charge in [-0.3, -0.25) is 4.79 Å². The van der Waals surface area contributed by atoms with E-state index in [1.807, 2.05) is 48.5 Å². The number of amides is 1. The van der Waals surface area contributed by atoms with E-state index in [1.54, 1.807) is 42.3 Å². The van der Waals surface area contributed by atoms with Crippen LogP contribution in [0, 0.1) is 0 Å². The molecule has 0 aromatic heterocycles. The summed E-state index contributed by atoms with van der Waals surface area (Å²) in [7, 11) is -1.91. The molecule has 1 atom stereocenters. The van der Waals surface area contributed by atoms with Crippen LogP contribution < -0.4 is 9.46 Å². The normalized spacial score (nSPS) is 16.4. The zero-order chi connectivity index (χ0) is 22.6. The number of likely N-dealkylation sites (tertiary alicyclic amines) is 1. The topological polar surface area (TPSA) is 81.7 Å². The van der Waals surface area contributed by atoms with Gasteiger partial charge in [-0.15, -0.1) is 4.72 Å². The first-order valence-electron chi connectivity index (χ1n) is 10.6. The summed E-state index contributed by atoms with van der Waals surface area (Å²) in [4.78, 5) is 15.0. The van der Waals surface area contributed by atoms with E-state index in [0.717, 1.165) is 16.9 Å². The molecule has 3 aromatic rings. The quantitative estimate of drug-likeness (QED) is 0.572. The molecular formula is C25H26N2O4S. The number of sulfonamides is 1. The number of hydrogen-bond acceptors (Lipinski definition) is 4. The van der Waals surface area contributed by atoms with Gasteiger partial charge in [0.15, 0.2) is 15.3 Å². The molecule has 6 nitrogen and oxygen atoms in total. The molecule has 1 heterocycles. The van der Waals surface area contributed by atoms with Crippen LogP contribution in [0.1, 0.15) is 23.2 Å². The number of carbonyl (C=O) groups excluding carboxylic acids is 1. The standard InChI is InChI=1S/C25H26N2O4S/c1-31-23-7-5-6-21(18-23)19-10-12-20(13-11-19)25(28)27-16-14-22(15-17-27)26-32(29,30)24-8-3-2-4-9-24/h2-13,18,22H,14-17H2,1H3,(H-,26,29,30). The Morgan fingerprint density at radius 3 is 2.31 bits per heavy atom. The molecule has 0 bridgehead atoms. The number of ether oxygens (including phenoxy) is 1. The molecule has 0 spiro atoms. The van der Waals surface area contributed by atoms with E-state index in [1.165, 1.54) is 0 Å². The lowest BCUT2D eigenvalue weighted by atomic mass is 10.0. The minimum Gasteiger partial charge on any atom is -0.593 e. The van der Waals surface area contributed by atoms with E-state index >= 15 is 0 Å². The summed E-state index contributed by atoms with van der Waals surface area (Å²) in [5, 5.41) is 0. The van der Waals surface area contributed by atoms with Gasteiger partial charge in [0.05, 0.1) is 13.2 Å². The zero-order valence-corrected chi connectivity index (χ0v) is 18.7. The van der Waals surface area contributed by atoms with Crippen molar-refractivity contribution in [1.82, 2.24) is 9.62 Å². The molecule has 1 aliphatic rings.